The lowest BCUT2D eigenvalue weighted by atomic mass is 10.4. The fourth-order valence-electron chi connectivity index (χ4n) is 2.50. The van der Waals surface area contributed by atoms with E-state index in [-0.39, 0.29) is 31.6 Å². The summed E-state index contributed by atoms with van der Waals surface area (Å²) >= 11 is 0. The standard InChI is InChI=1S/C13H20N4O4/c1-3-5-16-10(18)7-14(12(16)20)9-15-8-11(19)17(6-4-2)13(15)21/h3-9H2,1-2H3. The van der Waals surface area contributed by atoms with Crippen molar-refractivity contribution in [2.45, 2.75) is 26.7 Å². The van der Waals surface area contributed by atoms with Crippen molar-refractivity contribution in [3.63, 3.8) is 0 Å². The summed E-state index contributed by atoms with van der Waals surface area (Å²) in [4.78, 5) is 52.7. The van der Waals surface area contributed by atoms with E-state index < -0.39 is 12.1 Å². The van der Waals surface area contributed by atoms with Gasteiger partial charge in [0.2, 0.25) is 11.8 Å². The molecule has 2 rings (SSSR count). The molecule has 8 heteroatoms. The van der Waals surface area contributed by atoms with Gasteiger partial charge in [-0.1, -0.05) is 13.8 Å². The van der Waals surface area contributed by atoms with Crippen molar-refractivity contribution in [1.82, 2.24) is 19.6 Å². The molecule has 8 nitrogen and oxygen atoms in total. The highest BCUT2D eigenvalue weighted by Crippen LogP contribution is 2.16. The molecule has 2 aliphatic rings. The molecule has 0 radical (unpaired) electrons. The molecule has 0 bridgehead atoms. The van der Waals surface area contributed by atoms with Gasteiger partial charge in [0.15, 0.2) is 0 Å². The fourth-order valence-corrected chi connectivity index (χ4v) is 2.50. The first kappa shape index (κ1) is 15.3. The Kier molecular flexibility index (Phi) is 4.44. The number of rotatable bonds is 6. The summed E-state index contributed by atoms with van der Waals surface area (Å²) in [5, 5.41) is 0. The molecule has 0 saturated carbocycles. The second-order valence-electron chi connectivity index (χ2n) is 5.19. The van der Waals surface area contributed by atoms with Crippen molar-refractivity contribution in [3.8, 4) is 0 Å². The average Bonchev–Trinajstić information content (AvgIpc) is 2.85. The Bertz CT molecular complexity index is 437. The molecule has 0 aromatic rings. The summed E-state index contributed by atoms with van der Waals surface area (Å²) in [6.45, 7) is 4.43. The first-order valence-corrected chi connectivity index (χ1v) is 7.18. The van der Waals surface area contributed by atoms with E-state index >= 15 is 0 Å². The van der Waals surface area contributed by atoms with Crippen LogP contribution in [0.4, 0.5) is 9.59 Å². The lowest BCUT2D eigenvalue weighted by molar-refractivity contribution is -0.126. The summed E-state index contributed by atoms with van der Waals surface area (Å²) in [6.07, 6.45) is 1.38. The van der Waals surface area contributed by atoms with E-state index in [2.05, 4.69) is 0 Å². The van der Waals surface area contributed by atoms with Crippen LogP contribution < -0.4 is 0 Å². The van der Waals surface area contributed by atoms with E-state index in [0.29, 0.717) is 25.9 Å². The van der Waals surface area contributed by atoms with Gasteiger partial charge in [0.05, 0.1) is 0 Å². The smallest absolute Gasteiger partial charge is 0.297 e. The zero-order valence-electron chi connectivity index (χ0n) is 12.4. The second-order valence-corrected chi connectivity index (χ2v) is 5.19. The molecular weight excluding hydrogens is 276 g/mol. The quantitative estimate of drug-likeness (QED) is 0.660. The Hall–Kier alpha value is -2.12. The molecule has 2 saturated heterocycles. The highest BCUT2D eigenvalue weighted by Gasteiger charge is 2.41. The average molecular weight is 296 g/mol. The number of imide groups is 2. The van der Waals surface area contributed by atoms with Crippen LogP contribution in [0.15, 0.2) is 0 Å². The number of carbonyl (C=O) groups is 4. The predicted octanol–water partition coefficient (Wildman–Crippen LogP) is 0.292. The van der Waals surface area contributed by atoms with Crippen molar-refractivity contribution in [1.29, 1.82) is 0 Å². The zero-order chi connectivity index (χ0) is 15.6. The number of carbonyl (C=O) groups excluding carboxylic acids is 4. The maximum absolute atomic E-state index is 12.1. The van der Waals surface area contributed by atoms with Crippen LogP contribution in [0.5, 0.6) is 0 Å². The molecule has 0 unspecified atom stereocenters. The van der Waals surface area contributed by atoms with Gasteiger partial charge in [-0.25, -0.2) is 9.59 Å². The van der Waals surface area contributed by atoms with Crippen LogP contribution in [0.1, 0.15) is 26.7 Å². The number of hydrogen-bond acceptors (Lipinski definition) is 4. The van der Waals surface area contributed by atoms with Crippen molar-refractivity contribution in [3.05, 3.63) is 0 Å². The van der Waals surface area contributed by atoms with Crippen LogP contribution in [0.25, 0.3) is 0 Å². The van der Waals surface area contributed by atoms with Gasteiger partial charge in [-0.2, -0.15) is 0 Å². The molecule has 2 fully saturated rings. The Balaban J connectivity index is 2.00. The van der Waals surface area contributed by atoms with E-state index in [1.165, 1.54) is 19.6 Å². The molecule has 2 heterocycles. The summed E-state index contributed by atoms with van der Waals surface area (Å²) in [6, 6.07) is -0.785. The molecule has 0 N–H and O–H groups in total. The van der Waals surface area contributed by atoms with Crippen LogP contribution in [0, 0.1) is 0 Å². The minimum absolute atomic E-state index is 0.0183. The number of amides is 6. The van der Waals surface area contributed by atoms with Gasteiger partial charge in [0.25, 0.3) is 0 Å². The lowest BCUT2D eigenvalue weighted by Gasteiger charge is -2.22. The third-order valence-corrected chi connectivity index (χ3v) is 3.49. The van der Waals surface area contributed by atoms with Gasteiger partial charge in [-0.3, -0.25) is 29.2 Å². The van der Waals surface area contributed by atoms with Gasteiger partial charge in [0, 0.05) is 13.1 Å². The third kappa shape index (κ3) is 2.84. The summed E-state index contributed by atoms with van der Waals surface area (Å²) in [5.41, 5.74) is 0. The van der Waals surface area contributed by atoms with E-state index in [1.54, 1.807) is 0 Å². The van der Waals surface area contributed by atoms with Crippen molar-refractivity contribution < 1.29 is 19.2 Å². The Morgan fingerprint density at radius 2 is 1.14 bits per heavy atom. The number of nitrogens with zero attached hydrogens (tertiary/aromatic N) is 4. The van der Waals surface area contributed by atoms with Crippen LogP contribution in [0.3, 0.4) is 0 Å². The first-order valence-electron chi connectivity index (χ1n) is 7.18. The maximum Gasteiger partial charge on any atom is 0.328 e. The van der Waals surface area contributed by atoms with Crippen LogP contribution in [-0.4, -0.2) is 76.3 Å². The molecule has 21 heavy (non-hydrogen) atoms. The van der Waals surface area contributed by atoms with Crippen LogP contribution in [0.2, 0.25) is 0 Å². The molecule has 0 aromatic heterocycles. The Morgan fingerprint density at radius 3 is 1.48 bits per heavy atom. The Morgan fingerprint density at radius 1 is 0.762 bits per heavy atom. The van der Waals surface area contributed by atoms with E-state index in [4.69, 9.17) is 0 Å². The van der Waals surface area contributed by atoms with E-state index in [1.807, 2.05) is 13.8 Å². The van der Waals surface area contributed by atoms with E-state index in [9.17, 15) is 19.2 Å². The zero-order valence-corrected chi connectivity index (χ0v) is 12.4. The Labute approximate surface area is 123 Å². The van der Waals surface area contributed by atoms with Gasteiger partial charge < -0.3 is 0 Å². The number of hydrogen-bond donors (Lipinski definition) is 0. The molecule has 0 spiro atoms. The molecule has 2 aliphatic heterocycles. The van der Waals surface area contributed by atoms with Gasteiger partial charge >= 0.3 is 12.1 Å². The first-order chi connectivity index (χ1) is 9.99. The maximum atomic E-state index is 12.1. The third-order valence-electron chi connectivity index (χ3n) is 3.49. The summed E-state index contributed by atoms with van der Waals surface area (Å²) < 4.78 is 0. The largest absolute Gasteiger partial charge is 0.328 e. The fraction of sp³-hybridized carbons (Fsp3) is 0.692. The SMILES string of the molecule is CCCN1C(=O)CN(CN2CC(=O)N(CCC)C2=O)C1=O. The topological polar surface area (TPSA) is 81.2 Å². The lowest BCUT2D eigenvalue weighted by Crippen LogP contribution is -2.42. The molecule has 0 aromatic carbocycles. The van der Waals surface area contributed by atoms with Crippen molar-refractivity contribution in [2.24, 2.45) is 0 Å². The van der Waals surface area contributed by atoms with Gasteiger partial charge in [-0.05, 0) is 12.8 Å². The van der Waals surface area contributed by atoms with Crippen molar-refractivity contribution in [2.75, 3.05) is 32.8 Å². The minimum atomic E-state index is -0.393. The van der Waals surface area contributed by atoms with Crippen LogP contribution in [-0.2, 0) is 9.59 Å². The molecule has 6 amide bonds. The van der Waals surface area contributed by atoms with E-state index in [0.717, 1.165) is 0 Å². The monoisotopic (exact) mass is 296 g/mol. The number of urea groups is 2. The van der Waals surface area contributed by atoms with Crippen LogP contribution >= 0.6 is 0 Å². The highest BCUT2D eigenvalue weighted by molar-refractivity contribution is 6.03. The second kappa shape index (κ2) is 6.11. The molecule has 0 aliphatic carbocycles. The molecule has 116 valence electrons. The molecule has 0 atom stereocenters. The molecular formula is C13H20N4O4. The van der Waals surface area contributed by atoms with Gasteiger partial charge in [-0.15, -0.1) is 0 Å². The highest BCUT2D eigenvalue weighted by atomic mass is 16.2. The summed E-state index contributed by atoms with van der Waals surface area (Å²) in [5.74, 6) is -0.518. The normalized spacial score (nSPS) is 19.5. The van der Waals surface area contributed by atoms with Crippen molar-refractivity contribution >= 4 is 23.9 Å². The van der Waals surface area contributed by atoms with Gasteiger partial charge in [0.1, 0.15) is 19.8 Å². The summed E-state index contributed by atoms with van der Waals surface area (Å²) in [7, 11) is 0. The predicted molar refractivity (Wildman–Crippen MR) is 73.1 cm³/mol. The minimum Gasteiger partial charge on any atom is -0.297 e.